The van der Waals surface area contributed by atoms with Crippen molar-refractivity contribution >= 4 is 22.7 Å². The van der Waals surface area contributed by atoms with Gasteiger partial charge in [0.2, 0.25) is 0 Å². The van der Waals surface area contributed by atoms with Gasteiger partial charge >= 0.3 is 0 Å². The Balaban J connectivity index is 2.21. The van der Waals surface area contributed by atoms with Crippen molar-refractivity contribution in [1.82, 2.24) is 0 Å². The molecule has 0 radical (unpaired) electrons. The minimum absolute atomic E-state index is 0.121. The summed E-state index contributed by atoms with van der Waals surface area (Å²) in [6, 6.07) is 7.23. The number of aryl methyl sites for hydroxylation is 3. The molecule has 0 saturated heterocycles. The molecule has 0 saturated carbocycles. The van der Waals surface area contributed by atoms with E-state index in [9.17, 15) is 10.1 Å². The summed E-state index contributed by atoms with van der Waals surface area (Å²) in [4.78, 5) is 13.1. The number of hydrogen-bond donors (Lipinski definition) is 1. The molecular weight excluding hydrogens is 260 g/mol. The molecular formula is C14H16N2O2S. The molecule has 1 aromatic heterocycles. The molecule has 1 aromatic carbocycles. The number of thiophene rings is 1. The first-order valence-electron chi connectivity index (χ1n) is 6.02. The lowest BCUT2D eigenvalue weighted by molar-refractivity contribution is -0.384. The highest BCUT2D eigenvalue weighted by atomic mass is 32.1. The van der Waals surface area contributed by atoms with Crippen LogP contribution in [0.1, 0.15) is 20.9 Å². The maximum absolute atomic E-state index is 11.0. The number of nitro groups is 1. The van der Waals surface area contributed by atoms with Crippen LogP contribution in [-0.4, -0.2) is 4.92 Å². The molecule has 1 heterocycles. The molecule has 0 unspecified atom stereocenters. The van der Waals surface area contributed by atoms with Gasteiger partial charge in [0, 0.05) is 22.4 Å². The van der Waals surface area contributed by atoms with Gasteiger partial charge in [-0.2, -0.15) is 0 Å². The van der Waals surface area contributed by atoms with Gasteiger partial charge < -0.3 is 5.32 Å². The molecule has 1 N–H and O–H groups in total. The number of hydrogen-bond acceptors (Lipinski definition) is 4. The summed E-state index contributed by atoms with van der Waals surface area (Å²) in [6.07, 6.45) is 0. The van der Waals surface area contributed by atoms with Gasteiger partial charge in [-0.3, -0.25) is 10.1 Å². The lowest BCUT2D eigenvalue weighted by Gasteiger charge is -2.07. The highest BCUT2D eigenvalue weighted by Gasteiger charge is 2.13. The maximum atomic E-state index is 11.0. The van der Waals surface area contributed by atoms with E-state index >= 15 is 0 Å². The van der Waals surface area contributed by atoms with E-state index in [0.29, 0.717) is 12.2 Å². The van der Waals surface area contributed by atoms with Crippen LogP contribution in [0.3, 0.4) is 0 Å². The zero-order chi connectivity index (χ0) is 14.0. The Bertz CT molecular complexity index is 620. The molecule has 0 amide bonds. The third-order valence-corrected chi connectivity index (χ3v) is 3.97. The second kappa shape index (κ2) is 5.40. The fraction of sp³-hybridized carbons (Fsp3) is 0.286. The number of anilines is 1. The average molecular weight is 276 g/mol. The van der Waals surface area contributed by atoms with Crippen molar-refractivity contribution in [1.29, 1.82) is 0 Å². The molecule has 0 atom stereocenters. The van der Waals surface area contributed by atoms with Crippen LogP contribution in [0.2, 0.25) is 0 Å². The molecule has 2 rings (SSSR count). The Kier molecular flexibility index (Phi) is 3.85. The zero-order valence-electron chi connectivity index (χ0n) is 11.2. The summed E-state index contributed by atoms with van der Waals surface area (Å²) in [6.45, 7) is 6.67. The first-order valence-corrected chi connectivity index (χ1v) is 6.84. The molecule has 2 aromatic rings. The van der Waals surface area contributed by atoms with Gasteiger partial charge in [0.1, 0.15) is 5.69 Å². The fourth-order valence-electron chi connectivity index (χ4n) is 2.00. The average Bonchev–Trinajstić information content (AvgIpc) is 2.65. The van der Waals surface area contributed by atoms with Crippen molar-refractivity contribution < 1.29 is 4.92 Å². The van der Waals surface area contributed by atoms with Crippen LogP contribution in [0, 0.1) is 30.9 Å². The summed E-state index contributed by atoms with van der Waals surface area (Å²) in [5.41, 5.74) is 2.90. The van der Waals surface area contributed by atoms with E-state index in [2.05, 4.69) is 25.2 Å². The van der Waals surface area contributed by atoms with E-state index in [1.807, 2.05) is 13.0 Å². The van der Waals surface area contributed by atoms with E-state index in [4.69, 9.17) is 0 Å². The van der Waals surface area contributed by atoms with Crippen LogP contribution in [0.5, 0.6) is 0 Å². The van der Waals surface area contributed by atoms with E-state index in [1.54, 1.807) is 23.5 Å². The first kappa shape index (κ1) is 13.5. The highest BCUT2D eigenvalue weighted by molar-refractivity contribution is 7.12. The molecule has 0 aliphatic rings. The van der Waals surface area contributed by atoms with Crippen LogP contribution in [0.25, 0.3) is 0 Å². The SMILES string of the molecule is Cc1ccc([N+](=O)[O-])c(NCc2cc(C)sc2C)c1. The summed E-state index contributed by atoms with van der Waals surface area (Å²) < 4.78 is 0. The smallest absolute Gasteiger partial charge is 0.292 e. The molecule has 0 fully saturated rings. The Morgan fingerprint density at radius 3 is 2.58 bits per heavy atom. The Morgan fingerprint density at radius 1 is 1.26 bits per heavy atom. The molecule has 0 aliphatic heterocycles. The van der Waals surface area contributed by atoms with E-state index < -0.39 is 0 Å². The third kappa shape index (κ3) is 3.12. The predicted octanol–water partition coefficient (Wildman–Crippen LogP) is 4.19. The van der Waals surface area contributed by atoms with Crippen LogP contribution < -0.4 is 5.32 Å². The quantitative estimate of drug-likeness (QED) is 0.672. The number of nitro benzene ring substituents is 1. The molecule has 0 aliphatic carbocycles. The zero-order valence-corrected chi connectivity index (χ0v) is 12.0. The fourth-order valence-corrected chi connectivity index (χ4v) is 2.95. The van der Waals surface area contributed by atoms with Crippen LogP contribution in [0.4, 0.5) is 11.4 Å². The molecule has 4 nitrogen and oxygen atoms in total. The molecule has 5 heteroatoms. The van der Waals surface area contributed by atoms with Gasteiger partial charge in [-0.15, -0.1) is 11.3 Å². The van der Waals surface area contributed by atoms with Gasteiger partial charge in [-0.1, -0.05) is 6.07 Å². The largest absolute Gasteiger partial charge is 0.375 e. The molecule has 0 spiro atoms. The lowest BCUT2D eigenvalue weighted by atomic mass is 10.2. The van der Waals surface area contributed by atoms with Gasteiger partial charge in [0.15, 0.2) is 0 Å². The number of nitrogens with one attached hydrogen (secondary N) is 1. The minimum atomic E-state index is -0.354. The van der Waals surface area contributed by atoms with Crippen molar-refractivity contribution in [3.63, 3.8) is 0 Å². The van der Waals surface area contributed by atoms with Gasteiger partial charge in [-0.05, 0) is 44.0 Å². The lowest BCUT2D eigenvalue weighted by Crippen LogP contribution is -2.03. The third-order valence-electron chi connectivity index (χ3n) is 2.96. The molecule has 19 heavy (non-hydrogen) atoms. The predicted molar refractivity (Wildman–Crippen MR) is 79.0 cm³/mol. The van der Waals surface area contributed by atoms with E-state index in [1.165, 1.54) is 15.3 Å². The second-order valence-electron chi connectivity index (χ2n) is 4.57. The monoisotopic (exact) mass is 276 g/mol. The van der Waals surface area contributed by atoms with Crippen LogP contribution in [-0.2, 0) is 6.54 Å². The number of rotatable bonds is 4. The van der Waals surface area contributed by atoms with Crippen molar-refractivity contribution in [3.05, 3.63) is 55.3 Å². The molecule has 100 valence electrons. The van der Waals surface area contributed by atoms with Crippen molar-refractivity contribution in [2.45, 2.75) is 27.3 Å². The summed E-state index contributed by atoms with van der Waals surface area (Å²) in [7, 11) is 0. The second-order valence-corrected chi connectivity index (χ2v) is 6.03. The molecule has 0 bridgehead atoms. The van der Waals surface area contributed by atoms with Crippen LogP contribution in [0.15, 0.2) is 24.3 Å². The van der Waals surface area contributed by atoms with Gasteiger partial charge in [0.05, 0.1) is 4.92 Å². The summed E-state index contributed by atoms with van der Waals surface area (Å²) in [5, 5.41) is 14.2. The summed E-state index contributed by atoms with van der Waals surface area (Å²) in [5.74, 6) is 0. The maximum Gasteiger partial charge on any atom is 0.292 e. The van der Waals surface area contributed by atoms with Crippen molar-refractivity contribution in [2.75, 3.05) is 5.32 Å². The number of nitrogens with zero attached hydrogens (tertiary/aromatic N) is 1. The summed E-state index contributed by atoms with van der Waals surface area (Å²) >= 11 is 1.74. The first-order chi connectivity index (χ1) is 8.97. The van der Waals surface area contributed by atoms with Crippen molar-refractivity contribution in [2.24, 2.45) is 0 Å². The standard InChI is InChI=1S/C14H16N2O2S/c1-9-4-5-14(16(17)18)13(6-9)15-8-12-7-10(2)19-11(12)3/h4-7,15H,8H2,1-3H3. The topological polar surface area (TPSA) is 55.2 Å². The normalized spacial score (nSPS) is 10.5. The van der Waals surface area contributed by atoms with Crippen molar-refractivity contribution in [3.8, 4) is 0 Å². The minimum Gasteiger partial charge on any atom is -0.375 e. The Labute approximate surface area is 116 Å². The number of benzene rings is 1. The highest BCUT2D eigenvalue weighted by Crippen LogP contribution is 2.27. The van der Waals surface area contributed by atoms with Gasteiger partial charge in [-0.25, -0.2) is 0 Å². The van der Waals surface area contributed by atoms with Gasteiger partial charge in [0.25, 0.3) is 5.69 Å². The van der Waals surface area contributed by atoms with E-state index in [0.717, 1.165) is 5.56 Å². The Morgan fingerprint density at radius 2 is 2.00 bits per heavy atom. The van der Waals surface area contributed by atoms with Crippen LogP contribution >= 0.6 is 11.3 Å². The Hall–Kier alpha value is -1.88. The van der Waals surface area contributed by atoms with E-state index in [-0.39, 0.29) is 10.6 Å².